The van der Waals surface area contributed by atoms with Crippen LogP contribution in [0.5, 0.6) is 0 Å². The van der Waals surface area contributed by atoms with Gasteiger partial charge >= 0.3 is 0 Å². The van der Waals surface area contributed by atoms with Crippen molar-refractivity contribution in [3.8, 4) is 0 Å². The van der Waals surface area contributed by atoms with Gasteiger partial charge in [0.25, 0.3) is 0 Å². The van der Waals surface area contributed by atoms with Crippen molar-refractivity contribution in [2.45, 2.75) is 0 Å². The monoisotopic (exact) mass is 310 g/mol. The quantitative estimate of drug-likeness (QED) is 0.844. The average molecular weight is 311 g/mol. The molecule has 6 nitrogen and oxygen atoms in total. The van der Waals surface area contributed by atoms with Crippen LogP contribution in [0, 0.1) is 0 Å². The molecule has 20 heavy (non-hydrogen) atoms. The summed E-state index contributed by atoms with van der Waals surface area (Å²) in [5.74, 6) is 1.60. The lowest BCUT2D eigenvalue weighted by atomic mass is 10.3. The molecule has 0 atom stereocenters. The zero-order chi connectivity index (χ0) is 13.9. The largest absolute Gasteiger partial charge is 0.352 e. The van der Waals surface area contributed by atoms with Crippen LogP contribution >= 0.6 is 23.2 Å². The molecule has 0 radical (unpaired) electrons. The summed E-state index contributed by atoms with van der Waals surface area (Å²) in [5, 5.41) is 0.816. The van der Waals surface area contributed by atoms with Gasteiger partial charge in [-0.3, -0.25) is 9.97 Å². The number of rotatable bonds is 2. The van der Waals surface area contributed by atoms with Crippen LogP contribution in [0.4, 0.5) is 11.6 Å². The predicted molar refractivity (Wildman–Crippen MR) is 78.5 cm³/mol. The minimum atomic E-state index is 0.408. The molecule has 0 aromatic carbocycles. The number of nitrogens with zero attached hydrogens (tertiary/aromatic N) is 6. The topological polar surface area (TPSA) is 58.0 Å². The van der Waals surface area contributed by atoms with Gasteiger partial charge in [-0.1, -0.05) is 23.2 Å². The Labute approximate surface area is 126 Å². The third-order valence-corrected chi connectivity index (χ3v) is 3.48. The van der Waals surface area contributed by atoms with Gasteiger partial charge in [0.05, 0.1) is 24.8 Å². The van der Waals surface area contributed by atoms with Crippen LogP contribution in [0.15, 0.2) is 24.8 Å². The van der Waals surface area contributed by atoms with Crippen molar-refractivity contribution in [2.75, 3.05) is 36.0 Å². The van der Waals surface area contributed by atoms with Gasteiger partial charge in [0.2, 0.25) is 0 Å². The lowest BCUT2D eigenvalue weighted by Gasteiger charge is -2.35. The first-order valence-corrected chi connectivity index (χ1v) is 6.93. The van der Waals surface area contributed by atoms with Gasteiger partial charge < -0.3 is 9.80 Å². The zero-order valence-corrected chi connectivity index (χ0v) is 12.1. The third kappa shape index (κ3) is 2.91. The van der Waals surface area contributed by atoms with Crippen molar-refractivity contribution < 1.29 is 0 Å². The fraction of sp³-hybridized carbons (Fsp3) is 0.333. The van der Waals surface area contributed by atoms with Crippen molar-refractivity contribution in [3.05, 3.63) is 35.1 Å². The molecule has 0 spiro atoms. The molecule has 104 valence electrons. The summed E-state index contributed by atoms with van der Waals surface area (Å²) < 4.78 is 0. The molecular weight excluding hydrogens is 299 g/mol. The van der Waals surface area contributed by atoms with E-state index in [2.05, 4.69) is 29.7 Å². The molecule has 1 aliphatic heterocycles. The minimum absolute atomic E-state index is 0.408. The second-order valence-corrected chi connectivity index (χ2v) is 5.15. The molecule has 1 fully saturated rings. The summed E-state index contributed by atoms with van der Waals surface area (Å²) in [6.45, 7) is 3.29. The van der Waals surface area contributed by atoms with Crippen LogP contribution in [-0.4, -0.2) is 46.1 Å². The number of piperazine rings is 1. The normalized spacial score (nSPS) is 15.5. The van der Waals surface area contributed by atoms with Gasteiger partial charge in [-0.15, -0.1) is 0 Å². The van der Waals surface area contributed by atoms with Crippen molar-refractivity contribution in [1.82, 2.24) is 19.9 Å². The first kappa shape index (κ1) is 13.3. The van der Waals surface area contributed by atoms with E-state index in [1.54, 1.807) is 12.4 Å². The molecule has 3 heterocycles. The van der Waals surface area contributed by atoms with Crippen molar-refractivity contribution >= 4 is 34.8 Å². The highest BCUT2D eigenvalue weighted by atomic mass is 35.5. The van der Waals surface area contributed by atoms with E-state index in [1.165, 1.54) is 12.4 Å². The molecule has 1 saturated heterocycles. The van der Waals surface area contributed by atoms with E-state index in [0.717, 1.165) is 37.8 Å². The Bertz CT molecular complexity index is 547. The standard InChI is InChI=1S/C12H12Cl2N6/c13-9-5-15-7-11(17-9)19-1-2-20(4-3-19)12-8-16-6-10(14)18-12/h5-8H,1-4H2. The molecule has 2 aromatic heterocycles. The van der Waals surface area contributed by atoms with Crippen LogP contribution in [-0.2, 0) is 0 Å². The average Bonchev–Trinajstić information content (AvgIpc) is 2.47. The van der Waals surface area contributed by atoms with Crippen molar-refractivity contribution in [3.63, 3.8) is 0 Å². The highest BCUT2D eigenvalue weighted by Gasteiger charge is 2.19. The Morgan fingerprint density at radius 2 is 1.10 bits per heavy atom. The summed E-state index contributed by atoms with van der Waals surface area (Å²) in [7, 11) is 0. The Hall–Kier alpha value is -1.66. The van der Waals surface area contributed by atoms with Gasteiger partial charge in [-0.25, -0.2) is 9.97 Å². The van der Waals surface area contributed by atoms with Gasteiger partial charge in [0.15, 0.2) is 0 Å². The highest BCUT2D eigenvalue weighted by molar-refractivity contribution is 6.29. The molecule has 8 heteroatoms. The van der Waals surface area contributed by atoms with Crippen molar-refractivity contribution in [2.24, 2.45) is 0 Å². The van der Waals surface area contributed by atoms with E-state index in [4.69, 9.17) is 23.2 Å². The summed E-state index contributed by atoms with van der Waals surface area (Å²) in [4.78, 5) is 20.9. The van der Waals surface area contributed by atoms with Crippen LogP contribution in [0.1, 0.15) is 0 Å². The van der Waals surface area contributed by atoms with Crippen LogP contribution in [0.25, 0.3) is 0 Å². The maximum Gasteiger partial charge on any atom is 0.149 e. The molecule has 0 N–H and O–H groups in total. The predicted octanol–water partition coefficient (Wildman–Crippen LogP) is 1.90. The fourth-order valence-corrected chi connectivity index (χ4v) is 2.42. The Balaban J connectivity index is 1.68. The van der Waals surface area contributed by atoms with Crippen LogP contribution < -0.4 is 9.80 Å². The Morgan fingerprint density at radius 3 is 1.45 bits per heavy atom. The molecule has 0 bridgehead atoms. The van der Waals surface area contributed by atoms with E-state index in [1.807, 2.05) is 0 Å². The van der Waals surface area contributed by atoms with Gasteiger partial charge in [-0.05, 0) is 0 Å². The first-order valence-electron chi connectivity index (χ1n) is 6.17. The SMILES string of the molecule is Clc1cncc(N2CCN(c3cncc(Cl)n3)CC2)n1. The second kappa shape index (κ2) is 5.76. The molecular formula is C12H12Cl2N6. The minimum Gasteiger partial charge on any atom is -0.352 e. The fourth-order valence-electron chi connectivity index (χ4n) is 2.13. The van der Waals surface area contributed by atoms with Crippen LogP contribution in [0.3, 0.4) is 0 Å². The number of hydrogen-bond donors (Lipinski definition) is 0. The van der Waals surface area contributed by atoms with E-state index < -0.39 is 0 Å². The van der Waals surface area contributed by atoms with E-state index in [0.29, 0.717) is 10.3 Å². The smallest absolute Gasteiger partial charge is 0.149 e. The van der Waals surface area contributed by atoms with E-state index >= 15 is 0 Å². The number of aromatic nitrogens is 4. The van der Waals surface area contributed by atoms with Gasteiger partial charge in [-0.2, -0.15) is 0 Å². The lowest BCUT2D eigenvalue weighted by molar-refractivity contribution is 0.639. The number of anilines is 2. The van der Waals surface area contributed by atoms with Crippen LogP contribution in [0.2, 0.25) is 10.3 Å². The van der Waals surface area contributed by atoms with Gasteiger partial charge in [0.1, 0.15) is 21.9 Å². The maximum absolute atomic E-state index is 5.86. The second-order valence-electron chi connectivity index (χ2n) is 4.37. The molecule has 0 saturated carbocycles. The lowest BCUT2D eigenvalue weighted by Crippen LogP contribution is -2.47. The zero-order valence-electron chi connectivity index (χ0n) is 10.6. The third-order valence-electron chi connectivity index (χ3n) is 3.11. The molecule has 0 aliphatic carbocycles. The Kier molecular flexibility index (Phi) is 3.84. The molecule has 3 rings (SSSR count). The number of hydrogen-bond acceptors (Lipinski definition) is 6. The number of halogens is 2. The first-order chi connectivity index (χ1) is 9.72. The summed E-state index contributed by atoms with van der Waals surface area (Å²) in [5.41, 5.74) is 0. The summed E-state index contributed by atoms with van der Waals surface area (Å²) in [6.07, 6.45) is 6.51. The van der Waals surface area contributed by atoms with E-state index in [9.17, 15) is 0 Å². The van der Waals surface area contributed by atoms with Gasteiger partial charge in [0, 0.05) is 26.2 Å². The van der Waals surface area contributed by atoms with Crippen molar-refractivity contribution in [1.29, 1.82) is 0 Å². The van der Waals surface area contributed by atoms with E-state index in [-0.39, 0.29) is 0 Å². The highest BCUT2D eigenvalue weighted by Crippen LogP contribution is 2.18. The Morgan fingerprint density at radius 1 is 0.700 bits per heavy atom. The molecule has 0 amide bonds. The summed E-state index contributed by atoms with van der Waals surface area (Å²) >= 11 is 11.7. The summed E-state index contributed by atoms with van der Waals surface area (Å²) in [6, 6.07) is 0. The molecule has 1 aliphatic rings. The molecule has 2 aromatic rings. The molecule has 0 unspecified atom stereocenters. The maximum atomic E-state index is 5.86.